The Morgan fingerprint density at radius 2 is 2.26 bits per heavy atom. The normalized spacial score (nSPS) is 16.3. The average molecular weight is 331 g/mol. The van der Waals surface area contributed by atoms with Crippen molar-refractivity contribution < 1.29 is 9.53 Å². The number of amides is 1. The number of fused-ring (bicyclic) bond motifs is 1. The van der Waals surface area contributed by atoms with Crippen LogP contribution in [0.25, 0.3) is 10.9 Å². The fourth-order valence-corrected chi connectivity index (χ4v) is 2.98. The van der Waals surface area contributed by atoms with Crippen LogP contribution in [0, 0.1) is 0 Å². The summed E-state index contributed by atoms with van der Waals surface area (Å²) in [6.45, 7) is 0.882. The van der Waals surface area contributed by atoms with Crippen molar-refractivity contribution >= 4 is 28.4 Å². The Bertz CT molecular complexity index is 895. The number of carbonyl (C=O) groups excluding carboxylic acids is 1. The number of benzene rings is 1. The highest BCUT2D eigenvalue weighted by molar-refractivity contribution is 6.31. The fraction of sp³-hybridized carbons (Fsp3) is 0.250. The van der Waals surface area contributed by atoms with Crippen LogP contribution in [0.2, 0.25) is 5.02 Å². The predicted molar refractivity (Wildman–Crippen MR) is 86.5 cm³/mol. The minimum Gasteiger partial charge on any atom is -0.376 e. The Kier molecular flexibility index (Phi) is 3.18. The summed E-state index contributed by atoms with van der Waals surface area (Å²) in [5, 5.41) is 8.79. The van der Waals surface area contributed by atoms with Gasteiger partial charge in [-0.3, -0.25) is 9.48 Å². The van der Waals surface area contributed by atoms with E-state index in [2.05, 4.69) is 15.4 Å². The zero-order valence-electron chi connectivity index (χ0n) is 12.5. The molecule has 1 aliphatic rings. The van der Waals surface area contributed by atoms with Crippen LogP contribution in [0.4, 0.5) is 0 Å². The molecular formula is C16H15ClN4O2. The monoisotopic (exact) mass is 330 g/mol. The molecule has 7 heteroatoms. The molecule has 1 aromatic carbocycles. The molecule has 0 aliphatic carbocycles. The van der Waals surface area contributed by atoms with Crippen molar-refractivity contribution in [3.8, 4) is 0 Å². The minimum atomic E-state index is -0.514. The number of H-pyrrole nitrogens is 1. The second-order valence-electron chi connectivity index (χ2n) is 5.85. The molecule has 1 amide bonds. The largest absolute Gasteiger partial charge is 0.376 e. The van der Waals surface area contributed by atoms with Crippen molar-refractivity contribution in [2.75, 3.05) is 13.2 Å². The highest BCUT2D eigenvalue weighted by atomic mass is 35.5. The van der Waals surface area contributed by atoms with E-state index in [1.165, 1.54) is 0 Å². The van der Waals surface area contributed by atoms with Crippen LogP contribution in [0.5, 0.6) is 0 Å². The maximum absolute atomic E-state index is 12.6. The number of hydrogen-bond acceptors (Lipinski definition) is 3. The van der Waals surface area contributed by atoms with Gasteiger partial charge in [-0.1, -0.05) is 11.6 Å². The first-order valence-corrected chi connectivity index (χ1v) is 7.61. The van der Waals surface area contributed by atoms with Gasteiger partial charge in [0, 0.05) is 34.7 Å². The molecule has 0 unspecified atom stereocenters. The molecule has 0 saturated carbocycles. The Morgan fingerprint density at radius 3 is 2.91 bits per heavy atom. The Morgan fingerprint density at radius 1 is 1.43 bits per heavy atom. The van der Waals surface area contributed by atoms with E-state index in [4.69, 9.17) is 16.3 Å². The van der Waals surface area contributed by atoms with E-state index < -0.39 is 5.54 Å². The van der Waals surface area contributed by atoms with E-state index in [-0.39, 0.29) is 5.91 Å². The molecule has 0 atom stereocenters. The average Bonchev–Trinajstić information content (AvgIpc) is 3.08. The fourth-order valence-electron chi connectivity index (χ4n) is 2.80. The molecule has 0 bridgehead atoms. The number of aromatic nitrogens is 3. The maximum atomic E-state index is 12.6. The molecule has 3 heterocycles. The summed E-state index contributed by atoms with van der Waals surface area (Å²) in [5.41, 5.74) is 1.80. The maximum Gasteiger partial charge on any atom is 0.268 e. The van der Waals surface area contributed by atoms with Gasteiger partial charge in [0.1, 0.15) is 11.2 Å². The van der Waals surface area contributed by atoms with Gasteiger partial charge in [0.05, 0.1) is 19.4 Å². The van der Waals surface area contributed by atoms with E-state index in [0.717, 1.165) is 16.5 Å². The number of rotatable bonds is 3. The van der Waals surface area contributed by atoms with E-state index in [0.29, 0.717) is 23.9 Å². The molecule has 0 spiro atoms. The van der Waals surface area contributed by atoms with Gasteiger partial charge in [-0.05, 0) is 24.3 Å². The number of halogens is 1. The molecule has 4 rings (SSSR count). The molecule has 1 aliphatic heterocycles. The number of nitrogens with zero attached hydrogens (tertiary/aromatic N) is 2. The van der Waals surface area contributed by atoms with Crippen LogP contribution >= 0.6 is 11.6 Å². The second kappa shape index (κ2) is 5.11. The summed E-state index contributed by atoms with van der Waals surface area (Å²) in [7, 11) is 1.85. The number of aryl methyl sites for hydroxylation is 1. The number of aromatic amines is 1. The summed E-state index contributed by atoms with van der Waals surface area (Å²) < 4.78 is 7.05. The van der Waals surface area contributed by atoms with Gasteiger partial charge >= 0.3 is 0 Å². The van der Waals surface area contributed by atoms with E-state index in [9.17, 15) is 4.79 Å². The third-order valence-corrected chi connectivity index (χ3v) is 4.37. The lowest BCUT2D eigenvalue weighted by molar-refractivity contribution is -0.0734. The van der Waals surface area contributed by atoms with Crippen molar-refractivity contribution in [2.24, 2.45) is 7.05 Å². The van der Waals surface area contributed by atoms with E-state index in [1.54, 1.807) is 23.0 Å². The molecular weight excluding hydrogens is 316 g/mol. The highest BCUT2D eigenvalue weighted by Gasteiger charge is 2.43. The standard InChI is InChI=1S/C16H15ClN4O2/c1-21-7-11(6-18-21)16(8-23-9-16)20-15(22)14-5-10-4-12(17)2-3-13(10)19-14/h2-7,19H,8-9H2,1H3,(H,20,22). The summed E-state index contributed by atoms with van der Waals surface area (Å²) in [5.74, 6) is -0.176. The number of hydrogen-bond donors (Lipinski definition) is 2. The molecule has 2 N–H and O–H groups in total. The van der Waals surface area contributed by atoms with Gasteiger partial charge in [0.25, 0.3) is 5.91 Å². The SMILES string of the molecule is Cn1cc(C2(NC(=O)c3cc4cc(Cl)ccc4[nH]3)COC2)cn1. The third-order valence-electron chi connectivity index (χ3n) is 4.13. The Balaban J connectivity index is 1.63. The van der Waals surface area contributed by atoms with Gasteiger partial charge < -0.3 is 15.0 Å². The number of nitrogens with one attached hydrogen (secondary N) is 2. The quantitative estimate of drug-likeness (QED) is 0.773. The summed E-state index contributed by atoms with van der Waals surface area (Å²) >= 11 is 5.99. The smallest absolute Gasteiger partial charge is 0.268 e. The van der Waals surface area contributed by atoms with E-state index >= 15 is 0 Å². The molecule has 118 valence electrons. The highest BCUT2D eigenvalue weighted by Crippen LogP contribution is 2.30. The molecule has 3 aromatic rings. The lowest BCUT2D eigenvalue weighted by Crippen LogP contribution is -2.59. The van der Waals surface area contributed by atoms with Gasteiger partial charge in [0.2, 0.25) is 0 Å². The number of ether oxygens (including phenoxy) is 1. The van der Waals surface area contributed by atoms with Crippen LogP contribution in [0.1, 0.15) is 16.1 Å². The van der Waals surface area contributed by atoms with Gasteiger partial charge in [-0.25, -0.2) is 0 Å². The van der Waals surface area contributed by atoms with Crippen molar-refractivity contribution in [3.63, 3.8) is 0 Å². The van der Waals surface area contributed by atoms with Gasteiger partial charge in [0.15, 0.2) is 0 Å². The first-order chi connectivity index (χ1) is 11.1. The first-order valence-electron chi connectivity index (χ1n) is 7.23. The minimum absolute atomic E-state index is 0.176. The summed E-state index contributed by atoms with van der Waals surface area (Å²) in [6.07, 6.45) is 3.65. The molecule has 1 fully saturated rings. The van der Waals surface area contributed by atoms with Crippen molar-refractivity contribution in [2.45, 2.75) is 5.54 Å². The molecule has 6 nitrogen and oxygen atoms in total. The van der Waals surface area contributed by atoms with Crippen LogP contribution in [-0.4, -0.2) is 33.9 Å². The first kappa shape index (κ1) is 14.3. The van der Waals surface area contributed by atoms with Crippen LogP contribution in [0.15, 0.2) is 36.7 Å². The topological polar surface area (TPSA) is 71.9 Å². The Hall–Kier alpha value is -2.31. The number of carbonyl (C=O) groups is 1. The van der Waals surface area contributed by atoms with Crippen molar-refractivity contribution in [1.29, 1.82) is 0 Å². The van der Waals surface area contributed by atoms with E-state index in [1.807, 2.05) is 25.4 Å². The lowest BCUT2D eigenvalue weighted by atomic mass is 9.90. The zero-order chi connectivity index (χ0) is 16.0. The Labute approximate surface area is 137 Å². The van der Waals surface area contributed by atoms with Crippen molar-refractivity contribution in [1.82, 2.24) is 20.1 Å². The second-order valence-corrected chi connectivity index (χ2v) is 6.28. The molecule has 2 aromatic heterocycles. The molecule has 23 heavy (non-hydrogen) atoms. The van der Waals surface area contributed by atoms with Crippen LogP contribution < -0.4 is 5.32 Å². The van der Waals surface area contributed by atoms with Crippen LogP contribution in [-0.2, 0) is 17.3 Å². The van der Waals surface area contributed by atoms with Crippen LogP contribution in [0.3, 0.4) is 0 Å². The summed E-state index contributed by atoms with van der Waals surface area (Å²) in [4.78, 5) is 15.7. The predicted octanol–water partition coefficient (Wildman–Crippen LogP) is 2.21. The third kappa shape index (κ3) is 2.40. The summed E-state index contributed by atoms with van der Waals surface area (Å²) in [6, 6.07) is 7.28. The van der Waals surface area contributed by atoms with Crippen molar-refractivity contribution in [3.05, 3.63) is 52.9 Å². The zero-order valence-corrected chi connectivity index (χ0v) is 13.2. The van der Waals surface area contributed by atoms with Gasteiger partial charge in [-0.15, -0.1) is 0 Å². The molecule has 1 saturated heterocycles. The molecule has 0 radical (unpaired) electrons. The van der Waals surface area contributed by atoms with Gasteiger partial charge in [-0.2, -0.15) is 5.10 Å². The lowest BCUT2D eigenvalue weighted by Gasteiger charge is -2.41.